The molecule has 0 spiro atoms. The highest BCUT2D eigenvalue weighted by atomic mass is 16.4. The van der Waals surface area contributed by atoms with Gasteiger partial charge in [0.2, 0.25) is 0 Å². The first-order valence-corrected chi connectivity index (χ1v) is 10.4. The van der Waals surface area contributed by atoms with Crippen LogP contribution in [0.5, 0.6) is 0 Å². The third kappa shape index (κ3) is 3.10. The maximum absolute atomic E-state index is 12.8. The van der Waals surface area contributed by atoms with Crippen LogP contribution in [0.1, 0.15) is 49.5 Å². The van der Waals surface area contributed by atoms with Gasteiger partial charge >= 0.3 is 0 Å². The fraction of sp³-hybridized carbons (Fsp3) is 0.619. The lowest BCUT2D eigenvalue weighted by Crippen LogP contribution is -2.62. The van der Waals surface area contributed by atoms with Gasteiger partial charge in [0.25, 0.3) is 5.91 Å². The summed E-state index contributed by atoms with van der Waals surface area (Å²) >= 11 is 0. The fourth-order valence-corrected chi connectivity index (χ4v) is 5.08. The number of amides is 1. The number of fused-ring (bicyclic) bond motifs is 4. The van der Waals surface area contributed by atoms with E-state index in [0.717, 1.165) is 43.0 Å². The smallest absolute Gasteiger partial charge is 0.270 e. The summed E-state index contributed by atoms with van der Waals surface area (Å²) in [6.45, 7) is 6.63. The zero-order chi connectivity index (χ0) is 18.4. The fourth-order valence-electron chi connectivity index (χ4n) is 5.08. The lowest BCUT2D eigenvalue weighted by molar-refractivity contribution is 0.0216. The van der Waals surface area contributed by atoms with E-state index >= 15 is 0 Å². The van der Waals surface area contributed by atoms with E-state index in [9.17, 15) is 4.79 Å². The summed E-state index contributed by atoms with van der Waals surface area (Å²) in [6, 6.07) is 4.46. The number of piperidine rings is 4. The molecule has 0 aromatic carbocycles. The predicted molar refractivity (Wildman–Crippen MR) is 105 cm³/mol. The molecule has 2 bridgehead atoms. The quantitative estimate of drug-likeness (QED) is 0.902. The van der Waals surface area contributed by atoms with Crippen molar-refractivity contribution < 1.29 is 9.21 Å². The Morgan fingerprint density at radius 2 is 1.93 bits per heavy atom. The van der Waals surface area contributed by atoms with Gasteiger partial charge in [0, 0.05) is 48.9 Å². The number of rotatable bonds is 3. The Labute approximate surface area is 159 Å². The van der Waals surface area contributed by atoms with Crippen molar-refractivity contribution in [2.75, 3.05) is 31.1 Å². The average Bonchev–Trinajstić information content (AvgIpc) is 3.15. The van der Waals surface area contributed by atoms with Gasteiger partial charge in [-0.25, -0.2) is 0 Å². The second kappa shape index (κ2) is 6.82. The van der Waals surface area contributed by atoms with Gasteiger partial charge in [-0.2, -0.15) is 0 Å². The number of carbonyl (C=O) groups excluding carboxylic acids is 1. The van der Waals surface area contributed by atoms with Gasteiger partial charge in [-0.1, -0.05) is 0 Å². The maximum Gasteiger partial charge on any atom is 0.270 e. The van der Waals surface area contributed by atoms with Crippen LogP contribution in [-0.4, -0.2) is 54.1 Å². The summed E-state index contributed by atoms with van der Waals surface area (Å²) < 4.78 is 6.06. The van der Waals surface area contributed by atoms with E-state index in [2.05, 4.69) is 27.0 Å². The van der Waals surface area contributed by atoms with Gasteiger partial charge in [0.15, 0.2) is 5.88 Å². The maximum atomic E-state index is 12.8. The van der Waals surface area contributed by atoms with Crippen molar-refractivity contribution in [3.63, 3.8) is 0 Å². The van der Waals surface area contributed by atoms with E-state index in [4.69, 9.17) is 4.42 Å². The highest BCUT2D eigenvalue weighted by Gasteiger charge is 2.40. The minimum Gasteiger partial charge on any atom is -0.440 e. The van der Waals surface area contributed by atoms with E-state index in [0.29, 0.717) is 17.7 Å². The molecule has 1 N–H and O–H groups in total. The third-order valence-electron chi connectivity index (χ3n) is 6.76. The largest absolute Gasteiger partial charge is 0.440 e. The summed E-state index contributed by atoms with van der Waals surface area (Å²) in [7, 11) is 0. The van der Waals surface area contributed by atoms with Crippen LogP contribution >= 0.6 is 0 Å². The van der Waals surface area contributed by atoms with Gasteiger partial charge < -0.3 is 14.6 Å². The Kier molecular flexibility index (Phi) is 4.31. The van der Waals surface area contributed by atoms with E-state index in [1.54, 1.807) is 12.3 Å². The van der Waals surface area contributed by atoms with Crippen LogP contribution in [0.15, 0.2) is 22.7 Å². The Morgan fingerprint density at radius 3 is 2.67 bits per heavy atom. The van der Waals surface area contributed by atoms with E-state index in [-0.39, 0.29) is 11.9 Å². The molecule has 144 valence electrons. The molecule has 2 aromatic heterocycles. The predicted octanol–water partition coefficient (Wildman–Crippen LogP) is 3.03. The minimum absolute atomic E-state index is 0.0848. The number of hydrogen-bond donors (Lipinski definition) is 1. The van der Waals surface area contributed by atoms with Crippen LogP contribution in [0.3, 0.4) is 0 Å². The van der Waals surface area contributed by atoms with Crippen molar-refractivity contribution in [2.24, 2.45) is 5.92 Å². The first-order valence-electron chi connectivity index (χ1n) is 10.4. The number of furan rings is 1. The SMILES string of the molecule is C[C@H]1[C@H](NC(=O)c2cc3oc(N4CCCCC4)cc3cn2)C2CCN1CC2. The van der Waals surface area contributed by atoms with E-state index in [1.165, 1.54) is 32.1 Å². The molecule has 4 fully saturated rings. The van der Waals surface area contributed by atoms with E-state index < -0.39 is 0 Å². The normalized spacial score (nSPS) is 30.6. The number of nitrogens with one attached hydrogen (secondary N) is 1. The van der Waals surface area contributed by atoms with Crippen LogP contribution in [0.25, 0.3) is 11.0 Å². The van der Waals surface area contributed by atoms with Crippen molar-refractivity contribution in [2.45, 2.75) is 51.1 Å². The van der Waals surface area contributed by atoms with Gasteiger partial charge in [-0.05, 0) is 58.0 Å². The van der Waals surface area contributed by atoms with E-state index in [1.807, 2.05) is 6.07 Å². The number of aromatic nitrogens is 1. The van der Waals surface area contributed by atoms with Crippen LogP contribution in [0.4, 0.5) is 5.88 Å². The Balaban J connectivity index is 1.34. The number of carbonyl (C=O) groups is 1. The Morgan fingerprint density at radius 1 is 1.15 bits per heavy atom. The molecule has 2 atom stereocenters. The summed E-state index contributed by atoms with van der Waals surface area (Å²) in [5.41, 5.74) is 1.20. The van der Waals surface area contributed by atoms with Crippen molar-refractivity contribution >= 4 is 22.8 Å². The summed E-state index contributed by atoms with van der Waals surface area (Å²) in [6.07, 6.45) is 7.83. The molecule has 6 heterocycles. The molecule has 6 nitrogen and oxygen atoms in total. The van der Waals surface area contributed by atoms with Crippen LogP contribution in [0.2, 0.25) is 0 Å². The summed E-state index contributed by atoms with van der Waals surface area (Å²) in [4.78, 5) is 22.0. The molecule has 4 aliphatic rings. The molecular formula is C21H28N4O2. The average molecular weight is 368 g/mol. The third-order valence-corrected chi connectivity index (χ3v) is 6.76. The minimum atomic E-state index is -0.0848. The van der Waals surface area contributed by atoms with Crippen LogP contribution in [0, 0.1) is 5.92 Å². The van der Waals surface area contributed by atoms with Crippen molar-refractivity contribution in [1.82, 2.24) is 15.2 Å². The molecule has 4 aliphatic heterocycles. The van der Waals surface area contributed by atoms with Crippen LogP contribution < -0.4 is 10.2 Å². The van der Waals surface area contributed by atoms with Gasteiger partial charge in [0.1, 0.15) is 11.3 Å². The number of pyridine rings is 1. The molecule has 1 amide bonds. The zero-order valence-electron chi connectivity index (χ0n) is 16.0. The Bertz CT molecular complexity index is 832. The molecule has 0 saturated carbocycles. The number of hydrogen-bond acceptors (Lipinski definition) is 5. The summed E-state index contributed by atoms with van der Waals surface area (Å²) in [5.74, 6) is 1.40. The molecule has 6 rings (SSSR count). The molecule has 6 heteroatoms. The van der Waals surface area contributed by atoms with Crippen molar-refractivity contribution in [1.29, 1.82) is 0 Å². The zero-order valence-corrected chi connectivity index (χ0v) is 16.0. The molecule has 0 unspecified atom stereocenters. The lowest BCUT2D eigenvalue weighted by Gasteiger charge is -2.49. The van der Waals surface area contributed by atoms with Crippen LogP contribution in [-0.2, 0) is 0 Å². The topological polar surface area (TPSA) is 61.6 Å². The molecule has 0 radical (unpaired) electrons. The van der Waals surface area contributed by atoms with Crippen molar-refractivity contribution in [3.8, 4) is 0 Å². The molecule has 27 heavy (non-hydrogen) atoms. The first kappa shape index (κ1) is 17.0. The van der Waals surface area contributed by atoms with Gasteiger partial charge in [0.05, 0.1) is 0 Å². The van der Waals surface area contributed by atoms with Crippen molar-refractivity contribution in [3.05, 3.63) is 24.0 Å². The number of anilines is 1. The molecule has 0 aliphatic carbocycles. The van der Waals surface area contributed by atoms with Gasteiger partial charge in [-0.15, -0.1) is 0 Å². The summed E-state index contributed by atoms with van der Waals surface area (Å²) in [5, 5.41) is 4.22. The molecular weight excluding hydrogens is 340 g/mol. The Hall–Kier alpha value is -2.08. The number of nitrogens with zero attached hydrogens (tertiary/aromatic N) is 3. The molecule has 4 saturated heterocycles. The second-order valence-corrected chi connectivity index (χ2v) is 8.35. The highest BCUT2D eigenvalue weighted by molar-refractivity contribution is 5.96. The second-order valence-electron chi connectivity index (χ2n) is 8.35. The highest BCUT2D eigenvalue weighted by Crippen LogP contribution is 2.32. The lowest BCUT2D eigenvalue weighted by atomic mass is 9.79. The first-order chi connectivity index (χ1) is 13.2. The monoisotopic (exact) mass is 368 g/mol. The van der Waals surface area contributed by atoms with Gasteiger partial charge in [-0.3, -0.25) is 14.7 Å². The standard InChI is InChI=1S/C21H28N4O2/c1-14-20(15-5-9-24(14)10-6-15)23-21(26)17-12-18-16(13-22-17)11-19(27-18)25-7-3-2-4-8-25/h11-15,20H,2-10H2,1H3,(H,23,26)/t14-,20-/m0/s1. The molecule has 2 aromatic rings.